The van der Waals surface area contributed by atoms with E-state index in [0.29, 0.717) is 10.3 Å². The first kappa shape index (κ1) is 20.4. The standard InChI is InChI=1S/C21H21N5O2S2/c1-3-10-26-19(16-9-11-28-14(16)2)24-25-21(26)30-13-18(27)23-20-22-17(12-29-20)15-7-5-4-6-8-15/h4-9,11-12H,3,10,13H2,1-2H3,(H,22,23,27). The lowest BCUT2D eigenvalue weighted by molar-refractivity contribution is -0.113. The maximum atomic E-state index is 12.5. The van der Waals surface area contributed by atoms with Gasteiger partial charge in [-0.3, -0.25) is 4.79 Å². The Labute approximate surface area is 182 Å². The molecule has 0 saturated carbocycles. The molecule has 7 nitrogen and oxygen atoms in total. The first-order valence-electron chi connectivity index (χ1n) is 9.57. The Balaban J connectivity index is 1.41. The Hall–Kier alpha value is -2.91. The van der Waals surface area contributed by atoms with E-state index in [2.05, 4.69) is 27.4 Å². The maximum absolute atomic E-state index is 12.5. The number of carbonyl (C=O) groups excluding carboxylic acids is 1. The van der Waals surface area contributed by atoms with E-state index < -0.39 is 0 Å². The van der Waals surface area contributed by atoms with E-state index >= 15 is 0 Å². The number of thiazole rings is 1. The number of aromatic nitrogens is 4. The fourth-order valence-corrected chi connectivity index (χ4v) is 4.50. The molecule has 3 heterocycles. The fourth-order valence-electron chi connectivity index (χ4n) is 2.99. The monoisotopic (exact) mass is 439 g/mol. The number of hydrogen-bond acceptors (Lipinski definition) is 7. The van der Waals surface area contributed by atoms with Crippen LogP contribution in [0.1, 0.15) is 19.1 Å². The summed E-state index contributed by atoms with van der Waals surface area (Å²) in [6.45, 7) is 4.77. The lowest BCUT2D eigenvalue weighted by atomic mass is 10.2. The second-order valence-corrected chi connectivity index (χ2v) is 8.39. The van der Waals surface area contributed by atoms with Gasteiger partial charge in [-0.1, -0.05) is 49.0 Å². The van der Waals surface area contributed by atoms with Crippen LogP contribution < -0.4 is 5.32 Å². The van der Waals surface area contributed by atoms with Crippen molar-refractivity contribution < 1.29 is 9.21 Å². The molecule has 9 heteroatoms. The van der Waals surface area contributed by atoms with Crippen LogP contribution in [0.15, 0.2) is 57.6 Å². The summed E-state index contributed by atoms with van der Waals surface area (Å²) in [6.07, 6.45) is 2.58. The van der Waals surface area contributed by atoms with E-state index in [0.717, 1.165) is 41.4 Å². The van der Waals surface area contributed by atoms with Gasteiger partial charge in [-0.15, -0.1) is 21.5 Å². The Morgan fingerprint density at radius 2 is 2.07 bits per heavy atom. The van der Waals surface area contributed by atoms with Crippen molar-refractivity contribution >= 4 is 34.1 Å². The maximum Gasteiger partial charge on any atom is 0.236 e. The minimum Gasteiger partial charge on any atom is -0.469 e. The molecular weight excluding hydrogens is 418 g/mol. The van der Waals surface area contributed by atoms with E-state index in [1.165, 1.54) is 23.1 Å². The number of furan rings is 1. The summed E-state index contributed by atoms with van der Waals surface area (Å²) in [4.78, 5) is 17.0. The molecule has 0 bridgehead atoms. The number of amides is 1. The summed E-state index contributed by atoms with van der Waals surface area (Å²) in [7, 11) is 0. The normalized spacial score (nSPS) is 11.0. The summed E-state index contributed by atoms with van der Waals surface area (Å²) in [6, 6.07) is 11.8. The summed E-state index contributed by atoms with van der Waals surface area (Å²) < 4.78 is 7.44. The van der Waals surface area contributed by atoms with Crippen molar-refractivity contribution in [3.8, 4) is 22.6 Å². The second-order valence-electron chi connectivity index (χ2n) is 6.59. The van der Waals surface area contributed by atoms with Crippen LogP contribution in [0.5, 0.6) is 0 Å². The third-order valence-corrected chi connectivity index (χ3v) is 6.14. The van der Waals surface area contributed by atoms with Crippen LogP contribution in [-0.4, -0.2) is 31.4 Å². The van der Waals surface area contributed by atoms with E-state index in [1.54, 1.807) is 6.26 Å². The molecule has 1 N–H and O–H groups in total. The van der Waals surface area contributed by atoms with Crippen molar-refractivity contribution in [1.29, 1.82) is 0 Å². The predicted molar refractivity (Wildman–Crippen MR) is 120 cm³/mol. The number of benzene rings is 1. The van der Waals surface area contributed by atoms with Crippen LogP contribution in [-0.2, 0) is 11.3 Å². The molecule has 0 radical (unpaired) electrons. The molecule has 3 aromatic heterocycles. The molecule has 0 fully saturated rings. The quantitative estimate of drug-likeness (QED) is 0.384. The summed E-state index contributed by atoms with van der Waals surface area (Å²) >= 11 is 2.78. The summed E-state index contributed by atoms with van der Waals surface area (Å²) in [5, 5.41) is 14.7. The number of aryl methyl sites for hydroxylation is 1. The number of anilines is 1. The molecule has 0 aliphatic heterocycles. The zero-order chi connectivity index (χ0) is 20.9. The Bertz CT molecular complexity index is 1130. The molecule has 1 amide bonds. The Kier molecular flexibility index (Phi) is 6.29. The molecule has 0 saturated heterocycles. The lowest BCUT2D eigenvalue weighted by Gasteiger charge is -2.08. The van der Waals surface area contributed by atoms with Crippen molar-refractivity contribution in [2.24, 2.45) is 0 Å². The van der Waals surface area contributed by atoms with Crippen LogP contribution >= 0.6 is 23.1 Å². The van der Waals surface area contributed by atoms with Gasteiger partial charge in [-0.05, 0) is 19.4 Å². The molecule has 0 aliphatic rings. The van der Waals surface area contributed by atoms with Crippen LogP contribution in [0.2, 0.25) is 0 Å². The summed E-state index contributed by atoms with van der Waals surface area (Å²) in [5.74, 6) is 1.67. The van der Waals surface area contributed by atoms with Gasteiger partial charge in [0, 0.05) is 17.5 Å². The Morgan fingerprint density at radius 3 is 2.80 bits per heavy atom. The number of carbonyl (C=O) groups is 1. The van der Waals surface area contributed by atoms with Crippen molar-refractivity contribution in [1.82, 2.24) is 19.7 Å². The SMILES string of the molecule is CCCn1c(SCC(=O)Nc2nc(-c3ccccc3)cs2)nnc1-c1ccoc1C. The van der Waals surface area contributed by atoms with Gasteiger partial charge in [0.2, 0.25) is 5.91 Å². The van der Waals surface area contributed by atoms with Gasteiger partial charge in [0.1, 0.15) is 5.76 Å². The van der Waals surface area contributed by atoms with Crippen molar-refractivity contribution in [3.05, 3.63) is 53.8 Å². The Morgan fingerprint density at radius 1 is 1.23 bits per heavy atom. The highest BCUT2D eigenvalue weighted by Crippen LogP contribution is 2.28. The first-order valence-corrected chi connectivity index (χ1v) is 11.4. The molecule has 4 rings (SSSR count). The molecule has 154 valence electrons. The van der Waals surface area contributed by atoms with E-state index in [4.69, 9.17) is 4.42 Å². The molecule has 0 unspecified atom stereocenters. The summed E-state index contributed by atoms with van der Waals surface area (Å²) in [5.41, 5.74) is 2.80. The first-order chi connectivity index (χ1) is 14.7. The van der Waals surface area contributed by atoms with Gasteiger partial charge in [-0.25, -0.2) is 4.98 Å². The number of nitrogens with one attached hydrogen (secondary N) is 1. The average Bonchev–Trinajstić information content (AvgIpc) is 3.48. The third kappa shape index (κ3) is 4.47. The number of nitrogens with zero attached hydrogens (tertiary/aromatic N) is 4. The molecular formula is C21H21N5O2S2. The van der Waals surface area contributed by atoms with Crippen molar-refractivity contribution in [3.63, 3.8) is 0 Å². The smallest absolute Gasteiger partial charge is 0.236 e. The number of hydrogen-bond donors (Lipinski definition) is 1. The fraction of sp³-hybridized carbons (Fsp3) is 0.238. The molecule has 4 aromatic rings. The van der Waals surface area contributed by atoms with Gasteiger partial charge in [-0.2, -0.15) is 0 Å². The minimum atomic E-state index is -0.124. The minimum absolute atomic E-state index is 0.124. The molecule has 0 spiro atoms. The second kappa shape index (κ2) is 9.27. The molecule has 0 atom stereocenters. The van der Waals surface area contributed by atoms with Gasteiger partial charge in [0.15, 0.2) is 16.1 Å². The van der Waals surface area contributed by atoms with Crippen molar-refractivity contribution in [2.45, 2.75) is 32.0 Å². The van der Waals surface area contributed by atoms with Crippen LogP contribution in [0.25, 0.3) is 22.6 Å². The van der Waals surface area contributed by atoms with E-state index in [9.17, 15) is 4.79 Å². The zero-order valence-electron chi connectivity index (χ0n) is 16.7. The highest BCUT2D eigenvalue weighted by Gasteiger charge is 2.18. The van der Waals surface area contributed by atoms with Crippen LogP contribution in [0.3, 0.4) is 0 Å². The van der Waals surface area contributed by atoms with Gasteiger partial charge in [0.05, 0.1) is 23.3 Å². The average molecular weight is 440 g/mol. The van der Waals surface area contributed by atoms with Gasteiger partial charge >= 0.3 is 0 Å². The van der Waals surface area contributed by atoms with Crippen molar-refractivity contribution in [2.75, 3.05) is 11.1 Å². The number of thioether (sulfide) groups is 1. The highest BCUT2D eigenvalue weighted by atomic mass is 32.2. The van der Waals surface area contributed by atoms with Crippen LogP contribution in [0, 0.1) is 6.92 Å². The van der Waals surface area contributed by atoms with Crippen LogP contribution in [0.4, 0.5) is 5.13 Å². The van der Waals surface area contributed by atoms with Gasteiger partial charge in [0.25, 0.3) is 0 Å². The van der Waals surface area contributed by atoms with E-state index in [1.807, 2.05) is 53.3 Å². The number of rotatable bonds is 8. The molecule has 1 aromatic carbocycles. The molecule has 30 heavy (non-hydrogen) atoms. The largest absolute Gasteiger partial charge is 0.469 e. The zero-order valence-corrected chi connectivity index (χ0v) is 18.3. The van der Waals surface area contributed by atoms with Gasteiger partial charge < -0.3 is 14.3 Å². The highest BCUT2D eigenvalue weighted by molar-refractivity contribution is 7.99. The molecule has 0 aliphatic carbocycles. The topological polar surface area (TPSA) is 85.8 Å². The third-order valence-electron chi connectivity index (χ3n) is 4.42. The predicted octanol–water partition coefficient (Wildman–Crippen LogP) is 5.11. The lowest BCUT2D eigenvalue weighted by Crippen LogP contribution is -2.14. The van der Waals surface area contributed by atoms with E-state index in [-0.39, 0.29) is 11.7 Å².